The van der Waals surface area contributed by atoms with E-state index in [2.05, 4.69) is 20.6 Å². The van der Waals surface area contributed by atoms with Crippen LogP contribution in [0.25, 0.3) is 0 Å². The minimum absolute atomic E-state index is 0.0529. The first-order valence-electron chi connectivity index (χ1n) is 11.4. The maximum atomic E-state index is 12.1. The number of ether oxygens (including phenoxy) is 2. The highest BCUT2D eigenvalue weighted by atomic mass is 16.5. The number of esters is 2. The van der Waals surface area contributed by atoms with E-state index in [1.54, 1.807) is 12.1 Å². The Morgan fingerprint density at radius 1 is 0.909 bits per heavy atom. The van der Waals surface area contributed by atoms with Crippen molar-refractivity contribution in [1.82, 2.24) is 9.97 Å². The second kappa shape index (κ2) is 8.20. The van der Waals surface area contributed by atoms with E-state index in [4.69, 9.17) is 15.2 Å². The third-order valence-electron chi connectivity index (χ3n) is 7.34. The second-order valence-corrected chi connectivity index (χ2v) is 9.71. The predicted molar refractivity (Wildman–Crippen MR) is 123 cm³/mol. The zero-order valence-electron chi connectivity index (χ0n) is 18.9. The number of anilines is 4. The molecule has 4 aliphatic carbocycles. The summed E-state index contributed by atoms with van der Waals surface area (Å²) in [6, 6.07) is 4.57. The quantitative estimate of drug-likeness (QED) is 0.562. The Hall–Kier alpha value is -3.36. The number of hydrogen-bond donors (Lipinski definition) is 3. The molecule has 0 spiro atoms. The largest absolute Gasteiger partial charge is 0.465 e. The highest BCUT2D eigenvalue weighted by Gasteiger charge is 2.51. The third kappa shape index (κ3) is 4.07. The molecule has 1 aromatic heterocycles. The van der Waals surface area contributed by atoms with E-state index >= 15 is 0 Å². The Kier molecular flexibility index (Phi) is 5.34. The van der Waals surface area contributed by atoms with Gasteiger partial charge in [0.2, 0.25) is 0 Å². The third-order valence-corrected chi connectivity index (χ3v) is 7.34. The number of benzene rings is 1. The van der Waals surface area contributed by atoms with Crippen molar-refractivity contribution in [2.75, 3.05) is 30.6 Å². The minimum Gasteiger partial charge on any atom is -0.465 e. The molecule has 4 aliphatic rings. The lowest BCUT2D eigenvalue weighted by atomic mass is 9.53. The fraction of sp³-hybridized carbons (Fsp3) is 0.500. The van der Waals surface area contributed by atoms with Gasteiger partial charge in [0.05, 0.1) is 25.3 Å². The molecule has 4 N–H and O–H groups in total. The fourth-order valence-corrected chi connectivity index (χ4v) is 6.42. The molecule has 0 amide bonds. The lowest BCUT2D eigenvalue weighted by Crippen LogP contribution is -2.55. The van der Waals surface area contributed by atoms with Crippen LogP contribution >= 0.6 is 0 Å². The predicted octanol–water partition coefficient (Wildman–Crippen LogP) is 3.76. The number of nitrogens with zero attached hydrogens (tertiary/aromatic N) is 2. The molecule has 4 saturated carbocycles. The molecule has 0 aliphatic heterocycles. The summed E-state index contributed by atoms with van der Waals surface area (Å²) in [6.45, 7) is 0. The molecule has 0 unspecified atom stereocenters. The molecule has 6 rings (SSSR count). The number of methoxy groups -OCH3 is 2. The summed E-state index contributed by atoms with van der Waals surface area (Å²) in [5, 5.41) is 6.82. The van der Waals surface area contributed by atoms with Gasteiger partial charge in [-0.2, -0.15) is 0 Å². The molecular formula is C24H29N5O4. The van der Waals surface area contributed by atoms with Crippen LogP contribution in [-0.4, -0.2) is 41.7 Å². The van der Waals surface area contributed by atoms with Crippen molar-refractivity contribution in [3.63, 3.8) is 0 Å². The van der Waals surface area contributed by atoms with Crippen molar-refractivity contribution in [1.29, 1.82) is 0 Å². The van der Waals surface area contributed by atoms with Crippen LogP contribution in [-0.2, 0) is 9.47 Å². The molecule has 1 heterocycles. The van der Waals surface area contributed by atoms with Gasteiger partial charge in [-0.25, -0.2) is 19.6 Å². The molecule has 0 atom stereocenters. The fourth-order valence-electron chi connectivity index (χ4n) is 6.42. The Labute approximate surface area is 192 Å². The lowest BCUT2D eigenvalue weighted by Gasteiger charge is -2.57. The van der Waals surface area contributed by atoms with Crippen molar-refractivity contribution >= 4 is 34.9 Å². The van der Waals surface area contributed by atoms with Gasteiger partial charge in [0.25, 0.3) is 0 Å². The molecule has 9 nitrogen and oxygen atoms in total. The van der Waals surface area contributed by atoms with Crippen LogP contribution in [0.15, 0.2) is 24.5 Å². The van der Waals surface area contributed by atoms with Crippen LogP contribution < -0.4 is 16.4 Å². The Balaban J connectivity index is 1.42. The average Bonchev–Trinajstić information content (AvgIpc) is 2.79. The standard InChI is InChI=1S/C24H29N5O4/c1-32-22(30)16-6-17(23(31)33-2)8-18(7-16)28-20-19(25)21(27-12-26-20)29-24-9-13-3-14(10-24)5-15(4-13)11-24/h6-8,12-15H,3-5,9-11,25H2,1-2H3,(H2,26,27,28,29). The van der Waals surface area contributed by atoms with Crippen LogP contribution in [0.1, 0.15) is 59.2 Å². The highest BCUT2D eigenvalue weighted by Crippen LogP contribution is 2.56. The van der Waals surface area contributed by atoms with Crippen LogP contribution in [0, 0.1) is 17.8 Å². The lowest BCUT2D eigenvalue weighted by molar-refractivity contribution is 0.0106. The second-order valence-electron chi connectivity index (χ2n) is 9.71. The van der Waals surface area contributed by atoms with Gasteiger partial charge in [0, 0.05) is 11.2 Å². The number of nitrogens with two attached hydrogens (primary N) is 1. The van der Waals surface area contributed by atoms with Crippen LogP contribution in [0.5, 0.6) is 0 Å². The van der Waals surface area contributed by atoms with E-state index in [0.717, 1.165) is 37.0 Å². The summed E-state index contributed by atoms with van der Waals surface area (Å²) >= 11 is 0. The maximum Gasteiger partial charge on any atom is 0.337 e. The van der Waals surface area contributed by atoms with Crippen LogP contribution in [0.3, 0.4) is 0 Å². The molecule has 4 bridgehead atoms. The molecule has 33 heavy (non-hydrogen) atoms. The zero-order chi connectivity index (χ0) is 23.2. The molecular weight excluding hydrogens is 422 g/mol. The summed E-state index contributed by atoms with van der Waals surface area (Å²) in [5.74, 6) is 2.26. The maximum absolute atomic E-state index is 12.1. The van der Waals surface area contributed by atoms with E-state index in [1.165, 1.54) is 45.9 Å². The van der Waals surface area contributed by atoms with Gasteiger partial charge in [-0.15, -0.1) is 0 Å². The Bertz CT molecular complexity index is 1030. The molecule has 0 saturated heterocycles. The average molecular weight is 452 g/mol. The summed E-state index contributed by atoms with van der Waals surface area (Å²) in [6.07, 6.45) is 9.01. The number of carbonyl (C=O) groups is 2. The smallest absolute Gasteiger partial charge is 0.337 e. The molecule has 174 valence electrons. The van der Waals surface area contributed by atoms with Gasteiger partial charge in [0.15, 0.2) is 11.6 Å². The van der Waals surface area contributed by atoms with E-state index in [0.29, 0.717) is 23.0 Å². The van der Waals surface area contributed by atoms with Crippen molar-refractivity contribution in [3.8, 4) is 0 Å². The first-order chi connectivity index (χ1) is 15.9. The van der Waals surface area contributed by atoms with E-state index in [-0.39, 0.29) is 16.7 Å². The molecule has 4 fully saturated rings. The number of aromatic nitrogens is 2. The monoisotopic (exact) mass is 451 g/mol. The Morgan fingerprint density at radius 3 is 1.94 bits per heavy atom. The van der Waals surface area contributed by atoms with Gasteiger partial charge >= 0.3 is 11.9 Å². The first kappa shape index (κ1) is 21.5. The van der Waals surface area contributed by atoms with Gasteiger partial charge in [-0.1, -0.05) is 0 Å². The number of carbonyl (C=O) groups excluding carboxylic acids is 2. The highest BCUT2D eigenvalue weighted by molar-refractivity contribution is 5.97. The number of nitrogen functional groups attached to an aromatic ring is 1. The van der Waals surface area contributed by atoms with E-state index < -0.39 is 11.9 Å². The minimum atomic E-state index is -0.566. The van der Waals surface area contributed by atoms with Gasteiger partial charge < -0.3 is 25.8 Å². The van der Waals surface area contributed by atoms with Crippen molar-refractivity contribution in [2.45, 2.75) is 44.1 Å². The molecule has 0 radical (unpaired) electrons. The molecule has 9 heteroatoms. The summed E-state index contributed by atoms with van der Waals surface area (Å²) < 4.78 is 9.62. The number of rotatable bonds is 6. The topological polar surface area (TPSA) is 128 Å². The van der Waals surface area contributed by atoms with Crippen molar-refractivity contribution < 1.29 is 19.1 Å². The first-order valence-corrected chi connectivity index (χ1v) is 11.4. The summed E-state index contributed by atoms with van der Waals surface area (Å²) in [5.41, 5.74) is 7.81. The normalized spacial score (nSPS) is 27.2. The molecule has 2 aromatic rings. The Morgan fingerprint density at radius 2 is 1.42 bits per heavy atom. The van der Waals surface area contributed by atoms with Crippen molar-refractivity contribution in [3.05, 3.63) is 35.7 Å². The van der Waals surface area contributed by atoms with Gasteiger partial charge in [-0.3, -0.25) is 0 Å². The van der Waals surface area contributed by atoms with Gasteiger partial charge in [-0.05, 0) is 74.5 Å². The summed E-state index contributed by atoms with van der Waals surface area (Å²) in [7, 11) is 2.57. The van der Waals surface area contributed by atoms with Crippen LogP contribution in [0.4, 0.5) is 23.0 Å². The van der Waals surface area contributed by atoms with Crippen molar-refractivity contribution in [2.24, 2.45) is 17.8 Å². The summed E-state index contributed by atoms with van der Waals surface area (Å²) in [4.78, 5) is 32.9. The number of nitrogens with one attached hydrogen (secondary N) is 2. The number of hydrogen-bond acceptors (Lipinski definition) is 9. The SMILES string of the molecule is COC(=O)c1cc(Nc2ncnc(NC34CC5CC(CC(C5)C3)C4)c2N)cc(C(=O)OC)c1. The van der Waals surface area contributed by atoms with E-state index in [1.807, 2.05) is 0 Å². The van der Waals surface area contributed by atoms with Crippen LogP contribution in [0.2, 0.25) is 0 Å². The zero-order valence-corrected chi connectivity index (χ0v) is 18.9. The van der Waals surface area contributed by atoms with Gasteiger partial charge in [0.1, 0.15) is 12.0 Å². The van der Waals surface area contributed by atoms with E-state index in [9.17, 15) is 9.59 Å². The molecule has 1 aromatic carbocycles.